The second kappa shape index (κ2) is 9.31. The van der Waals surface area contributed by atoms with Crippen molar-refractivity contribution in [3.63, 3.8) is 0 Å². The number of rotatable bonds is 7. The molecule has 3 N–H and O–H groups in total. The van der Waals surface area contributed by atoms with Gasteiger partial charge in [-0.25, -0.2) is 4.79 Å². The number of hydrogen-bond donors (Lipinski definition) is 3. The van der Waals surface area contributed by atoms with Gasteiger partial charge in [0.25, 0.3) is 5.91 Å². The molecule has 0 aliphatic rings. The Morgan fingerprint density at radius 3 is 2.25 bits per heavy atom. The van der Waals surface area contributed by atoms with Crippen LogP contribution in [0.4, 0.5) is 5.69 Å². The van der Waals surface area contributed by atoms with E-state index in [4.69, 9.17) is 9.84 Å². The number of carbonyl (C=O) groups excluding carboxylic acids is 3. The van der Waals surface area contributed by atoms with Crippen molar-refractivity contribution in [2.75, 3.05) is 11.9 Å². The summed E-state index contributed by atoms with van der Waals surface area (Å²) in [5.74, 6) is -2.86. The highest BCUT2D eigenvalue weighted by molar-refractivity contribution is 6.00. The third-order valence-electron chi connectivity index (χ3n) is 3.65. The minimum atomic E-state index is -1.19. The zero-order valence-electron chi connectivity index (χ0n) is 15.4. The molecule has 0 aromatic heterocycles. The maximum Gasteiger partial charge on any atom is 0.343 e. The number of para-hydroxylation sites is 1. The molecule has 8 nitrogen and oxygen atoms in total. The summed E-state index contributed by atoms with van der Waals surface area (Å²) in [6.45, 7) is 2.99. The summed E-state index contributed by atoms with van der Waals surface area (Å²) in [7, 11) is 0. The summed E-state index contributed by atoms with van der Waals surface area (Å²) in [5, 5.41) is 13.6. The van der Waals surface area contributed by atoms with Gasteiger partial charge < -0.3 is 20.5 Å². The Morgan fingerprint density at radius 1 is 1.00 bits per heavy atom. The van der Waals surface area contributed by atoms with Crippen molar-refractivity contribution >= 4 is 29.4 Å². The minimum Gasteiger partial charge on any atom is -0.480 e. The van der Waals surface area contributed by atoms with E-state index in [0.29, 0.717) is 5.69 Å². The molecule has 0 bridgehead atoms. The van der Waals surface area contributed by atoms with Crippen molar-refractivity contribution in [1.82, 2.24) is 5.32 Å². The minimum absolute atomic E-state index is 0.00701. The number of ether oxygens (including phenoxy) is 1. The van der Waals surface area contributed by atoms with Crippen LogP contribution in [-0.2, 0) is 9.59 Å². The van der Waals surface area contributed by atoms with Crippen LogP contribution in [0.1, 0.15) is 34.6 Å². The topological polar surface area (TPSA) is 122 Å². The number of esters is 1. The lowest BCUT2D eigenvalue weighted by atomic mass is 10.1. The van der Waals surface area contributed by atoms with Gasteiger partial charge in [-0.3, -0.25) is 14.4 Å². The lowest BCUT2D eigenvalue weighted by Gasteiger charge is -2.11. The molecule has 2 amide bonds. The zero-order valence-corrected chi connectivity index (χ0v) is 15.4. The van der Waals surface area contributed by atoms with Gasteiger partial charge in [-0.05, 0) is 36.4 Å². The first-order valence-corrected chi connectivity index (χ1v) is 8.50. The molecular weight excluding hydrogens is 364 g/mol. The Kier molecular flexibility index (Phi) is 6.86. The van der Waals surface area contributed by atoms with Gasteiger partial charge in [0.2, 0.25) is 5.91 Å². The van der Waals surface area contributed by atoms with Gasteiger partial charge in [0.15, 0.2) is 0 Å². The predicted octanol–water partition coefficient (Wildman–Crippen LogP) is 2.31. The number of carbonyl (C=O) groups is 4. The number of anilines is 1. The third kappa shape index (κ3) is 5.66. The molecule has 0 radical (unpaired) electrons. The molecule has 2 aromatic carbocycles. The first-order chi connectivity index (χ1) is 13.3. The van der Waals surface area contributed by atoms with E-state index in [2.05, 4.69) is 10.6 Å². The number of nitrogens with one attached hydrogen (secondary N) is 2. The number of hydrogen-bond acceptors (Lipinski definition) is 5. The normalized spacial score (nSPS) is 10.2. The lowest BCUT2D eigenvalue weighted by Crippen LogP contribution is -2.29. The molecule has 0 fully saturated rings. The maximum atomic E-state index is 12.4. The van der Waals surface area contributed by atoms with Gasteiger partial charge in [0.05, 0.1) is 11.1 Å². The molecule has 0 saturated heterocycles. The Hall–Kier alpha value is -3.68. The van der Waals surface area contributed by atoms with Crippen LogP contribution in [0, 0.1) is 5.92 Å². The first kappa shape index (κ1) is 20.6. The second-order valence-electron chi connectivity index (χ2n) is 6.18. The lowest BCUT2D eigenvalue weighted by molar-refractivity contribution is -0.135. The average molecular weight is 384 g/mol. The van der Waals surface area contributed by atoms with Crippen LogP contribution in [0.5, 0.6) is 5.75 Å². The van der Waals surface area contributed by atoms with Crippen molar-refractivity contribution < 1.29 is 29.0 Å². The molecule has 0 aliphatic heterocycles. The van der Waals surface area contributed by atoms with E-state index in [1.165, 1.54) is 24.3 Å². The molecule has 0 saturated carbocycles. The highest BCUT2D eigenvalue weighted by Gasteiger charge is 2.17. The van der Waals surface area contributed by atoms with Crippen LogP contribution in [0.25, 0.3) is 0 Å². The van der Waals surface area contributed by atoms with E-state index in [1.54, 1.807) is 38.1 Å². The van der Waals surface area contributed by atoms with E-state index < -0.39 is 24.4 Å². The van der Waals surface area contributed by atoms with E-state index in [1.807, 2.05) is 0 Å². The summed E-state index contributed by atoms with van der Waals surface area (Å²) in [5.41, 5.74) is 0.810. The highest BCUT2D eigenvalue weighted by atomic mass is 16.5. The van der Waals surface area contributed by atoms with Crippen LogP contribution in [0.15, 0.2) is 48.5 Å². The largest absolute Gasteiger partial charge is 0.480 e. The zero-order chi connectivity index (χ0) is 20.7. The van der Waals surface area contributed by atoms with Crippen molar-refractivity contribution in [1.29, 1.82) is 0 Å². The monoisotopic (exact) mass is 384 g/mol. The van der Waals surface area contributed by atoms with Crippen LogP contribution < -0.4 is 15.4 Å². The van der Waals surface area contributed by atoms with E-state index in [-0.39, 0.29) is 28.7 Å². The fourth-order valence-electron chi connectivity index (χ4n) is 2.13. The van der Waals surface area contributed by atoms with Crippen molar-refractivity contribution in [2.24, 2.45) is 5.92 Å². The third-order valence-corrected chi connectivity index (χ3v) is 3.65. The number of amides is 2. The molecule has 0 unspecified atom stereocenters. The Labute approximate surface area is 161 Å². The molecule has 0 heterocycles. The quantitative estimate of drug-likeness (QED) is 0.497. The van der Waals surface area contributed by atoms with E-state index in [9.17, 15) is 19.2 Å². The molecular formula is C20H20N2O6. The smallest absolute Gasteiger partial charge is 0.343 e. The van der Waals surface area contributed by atoms with Crippen LogP contribution >= 0.6 is 0 Å². The van der Waals surface area contributed by atoms with Gasteiger partial charge in [-0.2, -0.15) is 0 Å². The fourth-order valence-corrected chi connectivity index (χ4v) is 2.13. The number of carboxylic acids is 1. The summed E-state index contributed by atoms with van der Waals surface area (Å²) in [6, 6.07) is 12.1. The summed E-state index contributed by atoms with van der Waals surface area (Å²) >= 11 is 0. The number of carboxylic acid groups (broad SMARTS) is 1. The van der Waals surface area contributed by atoms with Crippen LogP contribution in [0.2, 0.25) is 0 Å². The van der Waals surface area contributed by atoms with Gasteiger partial charge in [0, 0.05) is 11.6 Å². The Bertz CT molecular complexity index is 890. The van der Waals surface area contributed by atoms with Crippen LogP contribution in [-0.4, -0.2) is 35.4 Å². The molecule has 0 spiro atoms. The van der Waals surface area contributed by atoms with Crippen LogP contribution in [0.3, 0.4) is 0 Å². The molecule has 8 heteroatoms. The molecule has 146 valence electrons. The number of benzene rings is 2. The first-order valence-electron chi connectivity index (χ1n) is 8.50. The van der Waals surface area contributed by atoms with E-state index in [0.717, 1.165) is 0 Å². The molecule has 2 aromatic rings. The average Bonchev–Trinajstić information content (AvgIpc) is 2.66. The van der Waals surface area contributed by atoms with Crippen molar-refractivity contribution in [3.8, 4) is 5.75 Å². The molecule has 0 atom stereocenters. The summed E-state index contributed by atoms with van der Waals surface area (Å²) in [6.07, 6.45) is 0. The van der Waals surface area contributed by atoms with Gasteiger partial charge in [-0.1, -0.05) is 26.0 Å². The SMILES string of the molecule is CC(C)C(=O)Nc1ccc(C(=O)Oc2ccccc2C(=O)NCC(=O)O)cc1. The number of aliphatic carboxylic acids is 1. The molecule has 0 aliphatic carbocycles. The standard InChI is InChI=1S/C20H20N2O6/c1-12(2)18(25)22-14-9-7-13(8-10-14)20(27)28-16-6-4-3-5-15(16)19(26)21-11-17(23)24/h3-10,12H,11H2,1-2H3,(H,21,26)(H,22,25)(H,23,24). The summed E-state index contributed by atoms with van der Waals surface area (Å²) < 4.78 is 5.28. The maximum absolute atomic E-state index is 12.4. The fraction of sp³-hybridized carbons (Fsp3) is 0.200. The Balaban J connectivity index is 2.10. The van der Waals surface area contributed by atoms with E-state index >= 15 is 0 Å². The second-order valence-corrected chi connectivity index (χ2v) is 6.18. The van der Waals surface area contributed by atoms with Gasteiger partial charge >= 0.3 is 11.9 Å². The molecule has 2 rings (SSSR count). The van der Waals surface area contributed by atoms with Crippen molar-refractivity contribution in [3.05, 3.63) is 59.7 Å². The Morgan fingerprint density at radius 2 is 1.64 bits per heavy atom. The van der Waals surface area contributed by atoms with Gasteiger partial charge in [0.1, 0.15) is 12.3 Å². The van der Waals surface area contributed by atoms with Gasteiger partial charge in [-0.15, -0.1) is 0 Å². The molecule has 28 heavy (non-hydrogen) atoms. The highest BCUT2D eigenvalue weighted by Crippen LogP contribution is 2.20. The predicted molar refractivity (Wildman–Crippen MR) is 101 cm³/mol. The van der Waals surface area contributed by atoms with Crippen molar-refractivity contribution in [2.45, 2.75) is 13.8 Å². The summed E-state index contributed by atoms with van der Waals surface area (Å²) in [4.78, 5) is 46.7.